The lowest BCUT2D eigenvalue weighted by molar-refractivity contribution is 0.000846. The third kappa shape index (κ3) is 4.33. The number of hydrogen-bond acceptors (Lipinski definition) is 4. The molecule has 1 aliphatic carbocycles. The van der Waals surface area contributed by atoms with Crippen LogP contribution in [0.15, 0.2) is 23.5 Å². The molecule has 4 nitrogen and oxygen atoms in total. The molecule has 114 valence electrons. The first kappa shape index (κ1) is 15.5. The minimum absolute atomic E-state index is 0.0339. The molecule has 0 bridgehead atoms. The summed E-state index contributed by atoms with van der Waals surface area (Å²) in [6.45, 7) is 8.13. The zero-order valence-electron chi connectivity index (χ0n) is 13.1. The van der Waals surface area contributed by atoms with Crippen molar-refractivity contribution in [2.45, 2.75) is 71.2 Å². The van der Waals surface area contributed by atoms with Gasteiger partial charge in [0.1, 0.15) is 18.0 Å². The predicted molar refractivity (Wildman–Crippen MR) is 77.3 cm³/mol. The number of hydrogen-bond donors (Lipinski definition) is 0. The Balaban J connectivity index is 1.86. The summed E-state index contributed by atoms with van der Waals surface area (Å²) in [5, 5.41) is 0. The zero-order valence-corrected chi connectivity index (χ0v) is 13.1. The van der Waals surface area contributed by atoms with E-state index in [9.17, 15) is 0 Å². The average Bonchev–Trinajstić information content (AvgIpc) is 3.07. The SMILES string of the molecule is COC1=CC(CC2OC2OC(C)C)=CCC1OC(C)C. The first-order valence-corrected chi connectivity index (χ1v) is 7.40. The summed E-state index contributed by atoms with van der Waals surface area (Å²) >= 11 is 0. The van der Waals surface area contributed by atoms with Crippen molar-refractivity contribution in [2.24, 2.45) is 0 Å². The molecule has 1 aliphatic heterocycles. The summed E-state index contributed by atoms with van der Waals surface area (Å²) in [7, 11) is 1.70. The number of epoxide rings is 1. The van der Waals surface area contributed by atoms with Gasteiger partial charge in [-0.2, -0.15) is 0 Å². The Morgan fingerprint density at radius 3 is 2.50 bits per heavy atom. The summed E-state index contributed by atoms with van der Waals surface area (Å²) in [5.41, 5.74) is 1.24. The lowest BCUT2D eigenvalue weighted by Gasteiger charge is -2.24. The highest BCUT2D eigenvalue weighted by atomic mass is 16.8. The highest BCUT2D eigenvalue weighted by molar-refractivity contribution is 5.29. The maximum atomic E-state index is 5.84. The molecule has 0 aromatic carbocycles. The van der Waals surface area contributed by atoms with E-state index < -0.39 is 0 Å². The lowest BCUT2D eigenvalue weighted by atomic mass is 9.99. The van der Waals surface area contributed by atoms with Crippen molar-refractivity contribution in [1.82, 2.24) is 0 Å². The van der Waals surface area contributed by atoms with Gasteiger partial charge in [0.15, 0.2) is 6.29 Å². The van der Waals surface area contributed by atoms with Crippen molar-refractivity contribution >= 4 is 0 Å². The Bertz CT molecular complexity index is 384. The van der Waals surface area contributed by atoms with Gasteiger partial charge in [-0.15, -0.1) is 0 Å². The molecule has 0 N–H and O–H groups in total. The van der Waals surface area contributed by atoms with Crippen LogP contribution >= 0.6 is 0 Å². The molecule has 2 rings (SSSR count). The van der Waals surface area contributed by atoms with Crippen molar-refractivity contribution in [2.75, 3.05) is 7.11 Å². The Morgan fingerprint density at radius 1 is 1.20 bits per heavy atom. The largest absolute Gasteiger partial charge is 0.498 e. The molecule has 1 fully saturated rings. The van der Waals surface area contributed by atoms with Gasteiger partial charge in [0, 0.05) is 6.42 Å². The van der Waals surface area contributed by atoms with Gasteiger partial charge in [-0.25, -0.2) is 0 Å². The third-order valence-corrected chi connectivity index (χ3v) is 3.29. The molecule has 3 atom stereocenters. The zero-order chi connectivity index (χ0) is 14.7. The fraction of sp³-hybridized carbons (Fsp3) is 0.750. The summed E-state index contributed by atoms with van der Waals surface area (Å²) in [5.74, 6) is 0.901. The average molecular weight is 282 g/mol. The Kier molecular flexibility index (Phi) is 5.24. The van der Waals surface area contributed by atoms with Crippen LogP contribution in [-0.4, -0.2) is 37.8 Å². The van der Waals surface area contributed by atoms with Gasteiger partial charge in [0.25, 0.3) is 0 Å². The molecular weight excluding hydrogens is 256 g/mol. The lowest BCUT2D eigenvalue weighted by Crippen LogP contribution is -2.23. The monoisotopic (exact) mass is 282 g/mol. The van der Waals surface area contributed by atoms with E-state index in [1.165, 1.54) is 5.57 Å². The van der Waals surface area contributed by atoms with E-state index in [1.54, 1.807) is 7.11 Å². The highest BCUT2D eigenvalue weighted by Gasteiger charge is 2.41. The van der Waals surface area contributed by atoms with Crippen LogP contribution < -0.4 is 0 Å². The highest BCUT2D eigenvalue weighted by Crippen LogP contribution is 2.33. The molecule has 20 heavy (non-hydrogen) atoms. The van der Waals surface area contributed by atoms with Crippen molar-refractivity contribution in [3.63, 3.8) is 0 Å². The maximum absolute atomic E-state index is 5.84. The van der Waals surface area contributed by atoms with E-state index in [0.29, 0.717) is 0 Å². The molecule has 0 radical (unpaired) electrons. The van der Waals surface area contributed by atoms with Crippen molar-refractivity contribution in [1.29, 1.82) is 0 Å². The van der Waals surface area contributed by atoms with E-state index in [0.717, 1.165) is 18.6 Å². The standard InChI is InChI=1S/C16H26O4/c1-10(2)18-13-7-6-12(8-14(13)17-5)9-15-16(20-15)19-11(3)4/h6,8,10-11,13,15-16H,7,9H2,1-5H3. The summed E-state index contributed by atoms with van der Waals surface area (Å²) in [6, 6.07) is 0. The molecule has 0 amide bonds. The third-order valence-electron chi connectivity index (χ3n) is 3.29. The van der Waals surface area contributed by atoms with Crippen molar-refractivity contribution in [3.05, 3.63) is 23.5 Å². The van der Waals surface area contributed by atoms with Crippen LogP contribution in [-0.2, 0) is 18.9 Å². The second kappa shape index (κ2) is 6.74. The fourth-order valence-electron chi connectivity index (χ4n) is 2.38. The van der Waals surface area contributed by atoms with Gasteiger partial charge >= 0.3 is 0 Å². The van der Waals surface area contributed by atoms with Crippen molar-refractivity contribution < 1.29 is 18.9 Å². The molecule has 0 saturated carbocycles. The van der Waals surface area contributed by atoms with E-state index in [4.69, 9.17) is 18.9 Å². The fourth-order valence-corrected chi connectivity index (χ4v) is 2.38. The first-order chi connectivity index (χ1) is 9.49. The van der Waals surface area contributed by atoms with Crippen LogP contribution in [0.3, 0.4) is 0 Å². The number of methoxy groups -OCH3 is 1. The van der Waals surface area contributed by atoms with E-state index in [2.05, 4.69) is 12.2 Å². The molecule has 0 spiro atoms. The second-order valence-electron chi connectivity index (χ2n) is 5.87. The normalized spacial score (nSPS) is 29.4. The Labute approximate surface area is 121 Å². The maximum Gasteiger partial charge on any atom is 0.185 e. The number of rotatable bonds is 7. The molecule has 1 saturated heterocycles. The van der Waals surface area contributed by atoms with Gasteiger partial charge in [0.2, 0.25) is 0 Å². The molecule has 0 aromatic heterocycles. The minimum Gasteiger partial charge on any atom is -0.498 e. The van der Waals surface area contributed by atoms with E-state index >= 15 is 0 Å². The Hall–Kier alpha value is -0.840. The summed E-state index contributed by atoms with van der Waals surface area (Å²) in [4.78, 5) is 0. The summed E-state index contributed by atoms with van der Waals surface area (Å²) in [6.07, 6.45) is 6.60. The van der Waals surface area contributed by atoms with Gasteiger partial charge < -0.3 is 18.9 Å². The van der Waals surface area contributed by atoms with Crippen LogP contribution in [0.1, 0.15) is 40.5 Å². The Morgan fingerprint density at radius 2 is 1.90 bits per heavy atom. The minimum atomic E-state index is -0.0417. The molecule has 3 unspecified atom stereocenters. The van der Waals surface area contributed by atoms with Gasteiger partial charge in [-0.1, -0.05) is 6.08 Å². The van der Waals surface area contributed by atoms with Crippen LogP contribution in [0.2, 0.25) is 0 Å². The van der Waals surface area contributed by atoms with Crippen LogP contribution in [0, 0.1) is 0 Å². The van der Waals surface area contributed by atoms with Crippen molar-refractivity contribution in [3.8, 4) is 0 Å². The molecule has 0 aromatic rings. The predicted octanol–water partition coefficient (Wildman–Crippen LogP) is 3.18. The molecule has 2 aliphatic rings. The molecule has 1 heterocycles. The molecule has 4 heteroatoms. The van der Waals surface area contributed by atoms with Crippen LogP contribution in [0.5, 0.6) is 0 Å². The second-order valence-corrected chi connectivity index (χ2v) is 5.87. The topological polar surface area (TPSA) is 40.2 Å². The quantitative estimate of drug-likeness (QED) is 0.672. The van der Waals surface area contributed by atoms with Gasteiger partial charge in [-0.3, -0.25) is 0 Å². The smallest absolute Gasteiger partial charge is 0.185 e. The molecular formula is C16H26O4. The van der Waals surface area contributed by atoms with Gasteiger partial charge in [-0.05, 0) is 45.8 Å². The van der Waals surface area contributed by atoms with E-state index in [1.807, 2.05) is 27.7 Å². The van der Waals surface area contributed by atoms with Gasteiger partial charge in [0.05, 0.1) is 19.3 Å². The number of allylic oxidation sites excluding steroid dienone is 1. The summed E-state index contributed by atoms with van der Waals surface area (Å²) < 4.78 is 22.4. The number of ether oxygens (including phenoxy) is 4. The van der Waals surface area contributed by atoms with Crippen LogP contribution in [0.25, 0.3) is 0 Å². The van der Waals surface area contributed by atoms with E-state index in [-0.39, 0.29) is 30.7 Å². The first-order valence-electron chi connectivity index (χ1n) is 7.40. The van der Waals surface area contributed by atoms with Crippen LogP contribution in [0.4, 0.5) is 0 Å².